The molecule has 0 bridgehead atoms. The zero-order valence-electron chi connectivity index (χ0n) is 16.1. The summed E-state index contributed by atoms with van der Waals surface area (Å²) in [5.41, 5.74) is 12.5. The average Bonchev–Trinajstić information content (AvgIpc) is 3.18. The Morgan fingerprint density at radius 2 is 2.25 bits per heavy atom. The molecule has 0 saturated heterocycles. The first kappa shape index (κ1) is 19.4. The Balaban J connectivity index is 1.99. The van der Waals surface area contributed by atoms with Crippen LogP contribution in [-0.4, -0.2) is 15.8 Å². The molecule has 1 aromatic heterocycles. The third-order valence-corrected chi connectivity index (χ3v) is 5.06. The predicted octanol–water partition coefficient (Wildman–Crippen LogP) is 5.21. The Kier molecular flexibility index (Phi) is 5.62. The lowest BCUT2D eigenvalue weighted by Gasteiger charge is -2.23. The first-order valence-electron chi connectivity index (χ1n) is 9.32. The maximum absolute atomic E-state index is 12.7. The molecule has 0 spiro atoms. The number of hydrogen-bond acceptors (Lipinski definition) is 4. The Morgan fingerprint density at radius 1 is 1.43 bits per heavy atom. The number of aromatic amines is 1. The second kappa shape index (κ2) is 8.12. The van der Waals surface area contributed by atoms with Crippen LogP contribution in [0.2, 0.25) is 0 Å². The number of nitrogens with one attached hydrogen (secondary N) is 1. The maximum atomic E-state index is 12.7. The van der Waals surface area contributed by atoms with Gasteiger partial charge in [-0.2, -0.15) is 5.26 Å². The molecular weight excluding hydrogens is 352 g/mol. The highest BCUT2D eigenvalue weighted by Gasteiger charge is 2.22. The van der Waals surface area contributed by atoms with Gasteiger partial charge in [0.15, 0.2) is 5.82 Å². The number of nitriles is 1. The van der Waals surface area contributed by atoms with Crippen LogP contribution in [0, 0.1) is 11.3 Å². The molecule has 0 fully saturated rings. The average molecular weight is 374 g/mol. The third-order valence-electron chi connectivity index (χ3n) is 5.06. The van der Waals surface area contributed by atoms with Crippen molar-refractivity contribution in [2.45, 2.75) is 51.5 Å². The molecular formula is C21H22N6O. The molecule has 0 saturated carbocycles. The Bertz CT molecular complexity index is 1020. The van der Waals surface area contributed by atoms with Crippen LogP contribution in [-0.2, 0) is 12.0 Å². The summed E-state index contributed by atoms with van der Waals surface area (Å²) in [6.45, 7) is 3.75. The SMILES string of the molecule is CC(C)(N=[N+]=[N-])c1ccc(CC(=O)c2ncc(C#N)[nH]2)c(C2=CCCCC2)c1. The van der Waals surface area contributed by atoms with E-state index >= 15 is 0 Å². The van der Waals surface area contributed by atoms with E-state index in [4.69, 9.17) is 10.8 Å². The van der Waals surface area contributed by atoms with Crippen LogP contribution in [0.4, 0.5) is 0 Å². The van der Waals surface area contributed by atoms with Gasteiger partial charge in [-0.05, 0) is 53.5 Å². The zero-order chi connectivity index (χ0) is 20.1. The summed E-state index contributed by atoms with van der Waals surface area (Å²) in [6.07, 6.45) is 8.06. The standard InChI is InChI=1S/C21H22N6O/c1-21(2,26-27-23)16-9-8-15(18(11-16)14-6-4-3-5-7-14)10-19(28)20-24-13-17(12-22)25-20/h6,8-9,11,13H,3-5,7,10H2,1-2H3,(H,24,25). The number of benzene rings is 1. The molecule has 7 heteroatoms. The van der Waals surface area contributed by atoms with Gasteiger partial charge >= 0.3 is 0 Å². The summed E-state index contributed by atoms with van der Waals surface area (Å²) in [5.74, 6) is 0.0276. The van der Waals surface area contributed by atoms with E-state index in [1.54, 1.807) is 0 Å². The molecule has 3 rings (SSSR count). The van der Waals surface area contributed by atoms with Gasteiger partial charge in [-0.15, -0.1) is 0 Å². The van der Waals surface area contributed by atoms with Gasteiger partial charge in [0.1, 0.15) is 11.8 Å². The summed E-state index contributed by atoms with van der Waals surface area (Å²) in [4.78, 5) is 22.4. The Morgan fingerprint density at radius 3 is 2.89 bits per heavy atom. The molecule has 7 nitrogen and oxygen atoms in total. The number of azide groups is 1. The predicted molar refractivity (Wildman–Crippen MR) is 106 cm³/mol. The van der Waals surface area contributed by atoms with Gasteiger partial charge in [0.2, 0.25) is 5.78 Å². The third kappa shape index (κ3) is 4.13. The number of Topliss-reactive ketones (excluding diaryl/α,β-unsaturated/α-hetero) is 1. The molecule has 1 N–H and O–H groups in total. The van der Waals surface area contributed by atoms with Gasteiger partial charge in [-0.1, -0.05) is 43.2 Å². The van der Waals surface area contributed by atoms with Crippen molar-refractivity contribution in [1.82, 2.24) is 9.97 Å². The van der Waals surface area contributed by atoms with Crippen molar-refractivity contribution in [3.05, 3.63) is 69.1 Å². The van der Waals surface area contributed by atoms with Gasteiger partial charge < -0.3 is 4.98 Å². The molecule has 1 aromatic carbocycles. The number of carbonyl (C=O) groups is 1. The van der Waals surface area contributed by atoms with Crippen LogP contribution in [0.1, 0.15) is 72.5 Å². The topological polar surface area (TPSA) is 118 Å². The molecule has 28 heavy (non-hydrogen) atoms. The number of ketones is 1. The van der Waals surface area contributed by atoms with Crippen molar-refractivity contribution in [1.29, 1.82) is 5.26 Å². The monoisotopic (exact) mass is 374 g/mol. The van der Waals surface area contributed by atoms with E-state index in [9.17, 15) is 4.79 Å². The second-order valence-electron chi connectivity index (χ2n) is 7.45. The van der Waals surface area contributed by atoms with Crippen molar-refractivity contribution >= 4 is 11.4 Å². The van der Waals surface area contributed by atoms with Crippen molar-refractivity contribution in [3.8, 4) is 6.07 Å². The molecule has 142 valence electrons. The van der Waals surface area contributed by atoms with E-state index in [0.717, 1.165) is 36.0 Å². The number of imidazole rings is 1. The van der Waals surface area contributed by atoms with E-state index in [0.29, 0.717) is 0 Å². The summed E-state index contributed by atoms with van der Waals surface area (Å²) in [5, 5.41) is 12.8. The first-order chi connectivity index (χ1) is 13.4. The number of rotatable bonds is 6. The van der Waals surface area contributed by atoms with E-state index in [2.05, 4.69) is 26.1 Å². The second-order valence-corrected chi connectivity index (χ2v) is 7.45. The molecule has 1 heterocycles. The van der Waals surface area contributed by atoms with Crippen LogP contribution in [0.15, 0.2) is 35.6 Å². The molecule has 0 atom stereocenters. The zero-order valence-corrected chi connectivity index (χ0v) is 16.1. The first-order valence-corrected chi connectivity index (χ1v) is 9.32. The van der Waals surface area contributed by atoms with Crippen LogP contribution < -0.4 is 0 Å². The molecule has 0 aliphatic heterocycles. The smallest absolute Gasteiger partial charge is 0.202 e. The highest BCUT2D eigenvalue weighted by atomic mass is 16.1. The van der Waals surface area contributed by atoms with Crippen LogP contribution in [0.3, 0.4) is 0 Å². The van der Waals surface area contributed by atoms with E-state index in [1.807, 2.05) is 38.1 Å². The van der Waals surface area contributed by atoms with Crippen molar-refractivity contribution < 1.29 is 4.79 Å². The lowest BCUT2D eigenvalue weighted by atomic mass is 9.85. The van der Waals surface area contributed by atoms with Gasteiger partial charge in [0.05, 0.1) is 11.7 Å². The van der Waals surface area contributed by atoms with E-state index in [1.165, 1.54) is 18.2 Å². The number of carbonyl (C=O) groups excluding carboxylic acids is 1. The maximum Gasteiger partial charge on any atom is 0.202 e. The van der Waals surface area contributed by atoms with Gasteiger partial charge in [0, 0.05) is 11.3 Å². The molecule has 0 radical (unpaired) electrons. The minimum absolute atomic E-state index is 0.166. The number of nitrogens with zero attached hydrogens (tertiary/aromatic N) is 5. The Hall–Kier alpha value is -3.36. The van der Waals surface area contributed by atoms with Crippen molar-refractivity contribution in [2.75, 3.05) is 0 Å². The van der Waals surface area contributed by atoms with Crippen LogP contribution >= 0.6 is 0 Å². The Labute approximate surface area is 163 Å². The summed E-state index contributed by atoms with van der Waals surface area (Å²) >= 11 is 0. The number of H-pyrrole nitrogens is 1. The van der Waals surface area contributed by atoms with E-state index in [-0.39, 0.29) is 23.7 Å². The lowest BCUT2D eigenvalue weighted by molar-refractivity contribution is 0.0984. The van der Waals surface area contributed by atoms with Crippen molar-refractivity contribution in [2.24, 2.45) is 5.11 Å². The fourth-order valence-electron chi connectivity index (χ4n) is 3.44. The molecule has 0 unspecified atom stereocenters. The normalized spacial score (nSPS) is 14.0. The van der Waals surface area contributed by atoms with Gasteiger partial charge in [-0.3, -0.25) is 4.79 Å². The van der Waals surface area contributed by atoms with Gasteiger partial charge in [0.25, 0.3) is 0 Å². The number of hydrogen-bond donors (Lipinski definition) is 1. The highest BCUT2D eigenvalue weighted by molar-refractivity contribution is 5.95. The van der Waals surface area contributed by atoms with Crippen molar-refractivity contribution in [3.63, 3.8) is 0 Å². The largest absolute Gasteiger partial charge is 0.327 e. The summed E-state index contributed by atoms with van der Waals surface area (Å²) in [6, 6.07) is 7.83. The molecule has 2 aromatic rings. The minimum Gasteiger partial charge on any atom is -0.327 e. The van der Waals surface area contributed by atoms with Gasteiger partial charge in [-0.25, -0.2) is 4.98 Å². The number of allylic oxidation sites excluding steroid dienone is 2. The van der Waals surface area contributed by atoms with E-state index < -0.39 is 5.54 Å². The van der Waals surface area contributed by atoms with Crippen LogP contribution in [0.5, 0.6) is 0 Å². The molecule has 1 aliphatic carbocycles. The molecule has 0 amide bonds. The quantitative estimate of drug-likeness (QED) is 0.323. The fraction of sp³-hybridized carbons (Fsp3) is 0.381. The summed E-state index contributed by atoms with van der Waals surface area (Å²) < 4.78 is 0. The summed E-state index contributed by atoms with van der Waals surface area (Å²) in [7, 11) is 0. The fourth-order valence-corrected chi connectivity index (χ4v) is 3.44. The number of aromatic nitrogens is 2. The highest BCUT2D eigenvalue weighted by Crippen LogP contribution is 2.34. The minimum atomic E-state index is -0.677. The lowest BCUT2D eigenvalue weighted by Crippen LogP contribution is -2.15. The van der Waals surface area contributed by atoms with Crippen LogP contribution in [0.25, 0.3) is 16.0 Å². The molecule has 1 aliphatic rings.